The number of aryl methyl sites for hydroxylation is 1. The predicted molar refractivity (Wildman–Crippen MR) is 102 cm³/mol. The molecule has 0 bridgehead atoms. The zero-order valence-electron chi connectivity index (χ0n) is 14.6. The van der Waals surface area contributed by atoms with Crippen molar-refractivity contribution >= 4 is 21.9 Å². The molecule has 132 valence electrons. The minimum Gasteiger partial charge on any atom is -0.486 e. The molecule has 1 aliphatic carbocycles. The van der Waals surface area contributed by atoms with Crippen LogP contribution in [0.1, 0.15) is 54.9 Å². The highest BCUT2D eigenvalue weighted by Crippen LogP contribution is 2.36. The van der Waals surface area contributed by atoms with Gasteiger partial charge in [0, 0.05) is 4.47 Å². The largest absolute Gasteiger partial charge is 0.486 e. The minimum atomic E-state index is -0.166. The summed E-state index contributed by atoms with van der Waals surface area (Å²) >= 11 is 3.53. The molecule has 2 aromatic rings. The molecule has 0 amide bonds. The lowest BCUT2D eigenvalue weighted by molar-refractivity contribution is -0.141. The van der Waals surface area contributed by atoms with Gasteiger partial charge in [-0.15, -0.1) is 0 Å². The molecule has 1 aliphatic rings. The summed E-state index contributed by atoms with van der Waals surface area (Å²) in [6.45, 7) is 2.09. The number of ether oxygens (including phenoxy) is 2. The standard InChI is InChI=1S/C21H23BrO3/c1-3-14(13-21(23)24-2)15-4-8-18(9-5-15)25-20-11-6-16-12-17(22)7-10-19(16)20/h4-5,7-10,12,14,20H,3,6,11,13H2,1-2H3/t14-,20?/m1/s1. The van der Waals surface area contributed by atoms with Crippen molar-refractivity contribution < 1.29 is 14.3 Å². The van der Waals surface area contributed by atoms with Crippen molar-refractivity contribution in [3.05, 3.63) is 63.6 Å². The highest BCUT2D eigenvalue weighted by Gasteiger charge is 2.24. The fraction of sp³-hybridized carbons (Fsp3) is 0.381. The van der Waals surface area contributed by atoms with E-state index in [0.717, 1.165) is 35.0 Å². The Kier molecular flexibility index (Phi) is 5.79. The van der Waals surface area contributed by atoms with Crippen LogP contribution >= 0.6 is 15.9 Å². The first-order valence-electron chi connectivity index (χ1n) is 8.72. The number of methoxy groups -OCH3 is 1. The number of hydrogen-bond acceptors (Lipinski definition) is 3. The Hall–Kier alpha value is -1.81. The van der Waals surface area contributed by atoms with Gasteiger partial charge in [-0.2, -0.15) is 0 Å². The summed E-state index contributed by atoms with van der Waals surface area (Å²) in [6, 6.07) is 14.5. The Morgan fingerprint density at radius 3 is 2.68 bits per heavy atom. The van der Waals surface area contributed by atoms with Gasteiger partial charge in [0.25, 0.3) is 0 Å². The van der Waals surface area contributed by atoms with Crippen LogP contribution < -0.4 is 4.74 Å². The van der Waals surface area contributed by atoms with Gasteiger partial charge in [-0.25, -0.2) is 0 Å². The van der Waals surface area contributed by atoms with Crippen LogP contribution in [0.2, 0.25) is 0 Å². The van der Waals surface area contributed by atoms with Crippen LogP contribution in [-0.4, -0.2) is 13.1 Å². The third-order valence-electron chi connectivity index (χ3n) is 4.89. The van der Waals surface area contributed by atoms with Gasteiger partial charge < -0.3 is 9.47 Å². The van der Waals surface area contributed by atoms with E-state index in [0.29, 0.717) is 6.42 Å². The van der Waals surface area contributed by atoms with Crippen LogP contribution in [0.3, 0.4) is 0 Å². The van der Waals surface area contributed by atoms with E-state index in [1.807, 2.05) is 12.1 Å². The quantitative estimate of drug-likeness (QED) is 0.592. The van der Waals surface area contributed by atoms with Gasteiger partial charge in [0.2, 0.25) is 0 Å². The Morgan fingerprint density at radius 1 is 1.24 bits per heavy atom. The van der Waals surface area contributed by atoms with E-state index < -0.39 is 0 Å². The molecule has 0 aliphatic heterocycles. The molecule has 0 N–H and O–H groups in total. The maximum absolute atomic E-state index is 11.5. The molecule has 0 aromatic heterocycles. The zero-order valence-corrected chi connectivity index (χ0v) is 16.2. The third-order valence-corrected chi connectivity index (χ3v) is 5.38. The fourth-order valence-electron chi connectivity index (χ4n) is 3.43. The number of benzene rings is 2. The third kappa shape index (κ3) is 4.24. The first-order valence-corrected chi connectivity index (χ1v) is 9.51. The summed E-state index contributed by atoms with van der Waals surface area (Å²) in [5, 5.41) is 0. The van der Waals surface area contributed by atoms with Gasteiger partial charge in [0.15, 0.2) is 0 Å². The predicted octanol–water partition coefficient (Wildman–Crippen LogP) is 5.57. The molecule has 0 heterocycles. The van der Waals surface area contributed by atoms with Gasteiger partial charge in [-0.05, 0) is 66.1 Å². The maximum Gasteiger partial charge on any atom is 0.306 e. The topological polar surface area (TPSA) is 35.5 Å². The molecular formula is C21H23BrO3. The molecule has 0 radical (unpaired) electrons. The molecule has 1 unspecified atom stereocenters. The molecule has 3 rings (SSSR count). The van der Waals surface area contributed by atoms with E-state index in [-0.39, 0.29) is 18.0 Å². The van der Waals surface area contributed by atoms with E-state index in [1.165, 1.54) is 18.2 Å². The van der Waals surface area contributed by atoms with Crippen LogP contribution in [0, 0.1) is 0 Å². The molecule has 3 nitrogen and oxygen atoms in total. The number of hydrogen-bond donors (Lipinski definition) is 0. The first-order chi connectivity index (χ1) is 12.1. The van der Waals surface area contributed by atoms with Gasteiger partial charge >= 0.3 is 5.97 Å². The zero-order chi connectivity index (χ0) is 17.8. The fourth-order valence-corrected chi connectivity index (χ4v) is 3.84. The highest BCUT2D eigenvalue weighted by atomic mass is 79.9. The summed E-state index contributed by atoms with van der Waals surface area (Å²) in [5.74, 6) is 0.893. The van der Waals surface area contributed by atoms with Crippen molar-refractivity contribution in [2.24, 2.45) is 0 Å². The SMILES string of the molecule is CC[C@H](CC(=O)OC)c1ccc(OC2CCc3cc(Br)ccc32)cc1. The van der Waals surface area contributed by atoms with Crippen LogP contribution in [0.15, 0.2) is 46.9 Å². The number of rotatable bonds is 6. The molecule has 0 saturated carbocycles. The van der Waals surface area contributed by atoms with E-state index in [4.69, 9.17) is 9.47 Å². The molecular weight excluding hydrogens is 380 g/mol. The highest BCUT2D eigenvalue weighted by molar-refractivity contribution is 9.10. The van der Waals surface area contributed by atoms with Crippen LogP contribution in [0.4, 0.5) is 0 Å². The number of carbonyl (C=O) groups excluding carboxylic acids is 1. The van der Waals surface area contributed by atoms with Crippen LogP contribution in [0.5, 0.6) is 5.75 Å². The van der Waals surface area contributed by atoms with Gasteiger partial charge in [-0.3, -0.25) is 4.79 Å². The minimum absolute atomic E-state index is 0.117. The Labute approximate surface area is 157 Å². The molecule has 0 saturated heterocycles. The van der Waals surface area contributed by atoms with Gasteiger partial charge in [0.1, 0.15) is 11.9 Å². The molecule has 25 heavy (non-hydrogen) atoms. The smallest absolute Gasteiger partial charge is 0.306 e. The second-order valence-electron chi connectivity index (χ2n) is 6.44. The van der Waals surface area contributed by atoms with E-state index in [9.17, 15) is 4.79 Å². The van der Waals surface area contributed by atoms with Crippen molar-refractivity contribution in [1.29, 1.82) is 0 Å². The summed E-state index contributed by atoms with van der Waals surface area (Å²) < 4.78 is 12.1. The number of esters is 1. The summed E-state index contributed by atoms with van der Waals surface area (Å²) in [7, 11) is 1.43. The Morgan fingerprint density at radius 2 is 2.00 bits per heavy atom. The second kappa shape index (κ2) is 8.05. The summed E-state index contributed by atoms with van der Waals surface area (Å²) in [5.41, 5.74) is 3.79. The maximum atomic E-state index is 11.5. The van der Waals surface area contributed by atoms with Crippen molar-refractivity contribution in [1.82, 2.24) is 0 Å². The number of carbonyl (C=O) groups is 1. The number of fused-ring (bicyclic) bond motifs is 1. The normalized spacial score (nSPS) is 17.0. The number of halogens is 1. The van der Waals surface area contributed by atoms with Crippen molar-refractivity contribution in [3.8, 4) is 5.75 Å². The molecule has 2 aromatic carbocycles. The molecule has 0 spiro atoms. The average molecular weight is 403 g/mol. The van der Waals surface area contributed by atoms with Gasteiger partial charge in [-0.1, -0.05) is 41.1 Å². The van der Waals surface area contributed by atoms with Crippen LogP contribution in [0.25, 0.3) is 0 Å². The van der Waals surface area contributed by atoms with Gasteiger partial charge in [0.05, 0.1) is 13.5 Å². The van der Waals surface area contributed by atoms with Crippen molar-refractivity contribution in [2.75, 3.05) is 7.11 Å². The Balaban J connectivity index is 1.68. The average Bonchev–Trinajstić information content (AvgIpc) is 3.02. The molecule has 4 heteroatoms. The summed E-state index contributed by atoms with van der Waals surface area (Å²) in [6.07, 6.45) is 3.49. The monoisotopic (exact) mass is 402 g/mol. The second-order valence-corrected chi connectivity index (χ2v) is 7.36. The lowest BCUT2D eigenvalue weighted by Crippen LogP contribution is -2.08. The molecule has 0 fully saturated rings. The molecule has 2 atom stereocenters. The van der Waals surface area contributed by atoms with E-state index in [2.05, 4.69) is 53.2 Å². The summed E-state index contributed by atoms with van der Waals surface area (Å²) in [4.78, 5) is 11.5. The van der Waals surface area contributed by atoms with Crippen molar-refractivity contribution in [3.63, 3.8) is 0 Å². The lowest BCUT2D eigenvalue weighted by atomic mass is 9.93. The first kappa shape index (κ1) is 18.0. The van der Waals surface area contributed by atoms with Crippen molar-refractivity contribution in [2.45, 2.75) is 44.6 Å². The van der Waals surface area contributed by atoms with E-state index in [1.54, 1.807) is 0 Å². The van der Waals surface area contributed by atoms with Crippen LogP contribution in [-0.2, 0) is 16.0 Å². The van der Waals surface area contributed by atoms with E-state index >= 15 is 0 Å². The Bertz CT molecular complexity index is 739. The lowest BCUT2D eigenvalue weighted by Gasteiger charge is -2.17.